The van der Waals surface area contributed by atoms with Gasteiger partial charge in [-0.2, -0.15) is 0 Å². The highest BCUT2D eigenvalue weighted by atomic mass is 35.5. The summed E-state index contributed by atoms with van der Waals surface area (Å²) in [5, 5.41) is 0. The van der Waals surface area contributed by atoms with Gasteiger partial charge in [0.2, 0.25) is 0 Å². The molecule has 19 heavy (non-hydrogen) atoms. The van der Waals surface area contributed by atoms with E-state index < -0.39 is 0 Å². The highest BCUT2D eigenvalue weighted by molar-refractivity contribution is 5.94. The van der Waals surface area contributed by atoms with E-state index in [1.54, 1.807) is 31.2 Å². The van der Waals surface area contributed by atoms with Crippen molar-refractivity contribution in [2.75, 3.05) is 0 Å². The number of Topliss-reactive ketones (excluding diaryl/α,β-unsaturated/α-hetero) is 1. The molecule has 3 nitrogen and oxygen atoms in total. The van der Waals surface area contributed by atoms with Crippen LogP contribution in [0.4, 0.5) is 0 Å². The molecule has 2 N–H and O–H groups in total. The molecule has 0 unspecified atom stereocenters. The summed E-state index contributed by atoms with van der Waals surface area (Å²) in [6, 6.07) is 14.7. The molecule has 0 heterocycles. The highest BCUT2D eigenvalue weighted by Crippen LogP contribution is 2.22. The fraction of sp³-hybridized carbons (Fsp3) is 0.133. The van der Waals surface area contributed by atoms with Crippen molar-refractivity contribution < 1.29 is 9.53 Å². The number of rotatable bonds is 4. The Kier molecular flexibility index (Phi) is 5.55. The van der Waals surface area contributed by atoms with E-state index in [2.05, 4.69) is 0 Å². The topological polar surface area (TPSA) is 52.3 Å². The molecule has 0 aliphatic rings. The molecule has 0 amide bonds. The molecular formula is C15H16ClNO2. The summed E-state index contributed by atoms with van der Waals surface area (Å²) in [5.74, 6) is 1.51. The van der Waals surface area contributed by atoms with Gasteiger partial charge in [0.15, 0.2) is 5.78 Å². The monoisotopic (exact) mass is 277 g/mol. The third-order valence-electron chi connectivity index (χ3n) is 2.66. The van der Waals surface area contributed by atoms with Crippen LogP contribution in [0.2, 0.25) is 0 Å². The first-order valence-electron chi connectivity index (χ1n) is 5.77. The van der Waals surface area contributed by atoms with Crippen molar-refractivity contribution in [1.82, 2.24) is 0 Å². The van der Waals surface area contributed by atoms with E-state index >= 15 is 0 Å². The Morgan fingerprint density at radius 1 is 1.00 bits per heavy atom. The number of hydrogen-bond donors (Lipinski definition) is 1. The fourth-order valence-electron chi connectivity index (χ4n) is 1.59. The van der Waals surface area contributed by atoms with Gasteiger partial charge >= 0.3 is 0 Å². The molecule has 100 valence electrons. The number of nitrogens with two attached hydrogens (primary N) is 1. The summed E-state index contributed by atoms with van der Waals surface area (Å²) in [6.07, 6.45) is 0. The first-order chi connectivity index (χ1) is 8.69. The van der Waals surface area contributed by atoms with Crippen LogP contribution >= 0.6 is 12.4 Å². The predicted molar refractivity (Wildman–Crippen MR) is 78.1 cm³/mol. The standard InChI is InChI=1S/C15H15NO2.ClH/c1-11(17)13-4-8-15(9-5-13)18-14-6-2-12(10-16)3-7-14;/h2-9H,10,16H2,1H3;1H. The van der Waals surface area contributed by atoms with Crippen LogP contribution in [0, 0.1) is 0 Å². The minimum Gasteiger partial charge on any atom is -0.457 e. The van der Waals surface area contributed by atoms with Crippen molar-refractivity contribution in [3.63, 3.8) is 0 Å². The van der Waals surface area contributed by atoms with Gasteiger partial charge in [0.1, 0.15) is 11.5 Å². The molecule has 0 bridgehead atoms. The smallest absolute Gasteiger partial charge is 0.159 e. The van der Waals surface area contributed by atoms with E-state index in [0.717, 1.165) is 11.3 Å². The molecular weight excluding hydrogens is 262 g/mol. The molecule has 0 aliphatic heterocycles. The number of ether oxygens (including phenoxy) is 1. The van der Waals surface area contributed by atoms with E-state index in [4.69, 9.17) is 10.5 Å². The third-order valence-corrected chi connectivity index (χ3v) is 2.66. The Bertz CT molecular complexity index is 535. The Hall–Kier alpha value is -1.84. The van der Waals surface area contributed by atoms with Gasteiger partial charge in [-0.1, -0.05) is 12.1 Å². The molecule has 0 fully saturated rings. The van der Waals surface area contributed by atoms with Crippen LogP contribution in [0.25, 0.3) is 0 Å². The van der Waals surface area contributed by atoms with Gasteiger partial charge in [0, 0.05) is 12.1 Å². The van der Waals surface area contributed by atoms with E-state index in [1.165, 1.54) is 0 Å². The maximum Gasteiger partial charge on any atom is 0.159 e. The second kappa shape index (κ2) is 6.92. The van der Waals surface area contributed by atoms with Crippen LogP contribution in [0.1, 0.15) is 22.8 Å². The second-order valence-electron chi connectivity index (χ2n) is 4.03. The number of carbonyl (C=O) groups excluding carboxylic acids is 1. The summed E-state index contributed by atoms with van der Waals surface area (Å²) in [6.45, 7) is 2.06. The lowest BCUT2D eigenvalue weighted by atomic mass is 10.1. The van der Waals surface area contributed by atoms with Crippen molar-refractivity contribution in [3.8, 4) is 11.5 Å². The molecule has 2 aromatic rings. The van der Waals surface area contributed by atoms with Gasteiger partial charge in [-0.25, -0.2) is 0 Å². The Balaban J connectivity index is 0.00000180. The van der Waals surface area contributed by atoms with Gasteiger partial charge in [0.05, 0.1) is 0 Å². The minimum absolute atomic E-state index is 0. The molecule has 0 saturated heterocycles. The Morgan fingerprint density at radius 2 is 1.47 bits per heavy atom. The lowest BCUT2D eigenvalue weighted by molar-refractivity contribution is 0.101. The molecule has 2 aromatic carbocycles. The second-order valence-corrected chi connectivity index (χ2v) is 4.03. The summed E-state index contributed by atoms with van der Waals surface area (Å²) >= 11 is 0. The zero-order valence-corrected chi connectivity index (χ0v) is 11.4. The van der Waals surface area contributed by atoms with Crippen molar-refractivity contribution in [2.45, 2.75) is 13.5 Å². The zero-order chi connectivity index (χ0) is 13.0. The van der Waals surface area contributed by atoms with Crippen LogP contribution in [0.5, 0.6) is 11.5 Å². The summed E-state index contributed by atoms with van der Waals surface area (Å²) < 4.78 is 5.66. The zero-order valence-electron chi connectivity index (χ0n) is 10.6. The Morgan fingerprint density at radius 3 is 1.89 bits per heavy atom. The van der Waals surface area contributed by atoms with E-state index in [1.807, 2.05) is 24.3 Å². The SMILES string of the molecule is CC(=O)c1ccc(Oc2ccc(CN)cc2)cc1.Cl. The van der Waals surface area contributed by atoms with E-state index in [9.17, 15) is 4.79 Å². The summed E-state index contributed by atoms with van der Waals surface area (Å²) in [4.78, 5) is 11.1. The van der Waals surface area contributed by atoms with Crippen molar-refractivity contribution in [3.05, 3.63) is 59.7 Å². The quantitative estimate of drug-likeness (QED) is 0.870. The first kappa shape index (κ1) is 15.2. The van der Waals surface area contributed by atoms with Gasteiger partial charge in [0.25, 0.3) is 0 Å². The summed E-state index contributed by atoms with van der Waals surface area (Å²) in [5.41, 5.74) is 7.27. The number of halogens is 1. The third kappa shape index (κ3) is 4.09. The molecule has 0 radical (unpaired) electrons. The Labute approximate surface area is 118 Å². The average Bonchev–Trinajstić information content (AvgIpc) is 2.40. The number of carbonyl (C=O) groups is 1. The lowest BCUT2D eigenvalue weighted by Gasteiger charge is -2.06. The molecule has 0 atom stereocenters. The summed E-state index contributed by atoms with van der Waals surface area (Å²) in [7, 11) is 0. The number of ketones is 1. The molecule has 4 heteroatoms. The predicted octanol–water partition coefficient (Wildman–Crippen LogP) is 3.56. The molecule has 2 rings (SSSR count). The van der Waals surface area contributed by atoms with Crippen molar-refractivity contribution in [1.29, 1.82) is 0 Å². The van der Waals surface area contributed by atoms with Gasteiger partial charge < -0.3 is 10.5 Å². The van der Waals surface area contributed by atoms with Crippen LogP contribution in [-0.4, -0.2) is 5.78 Å². The van der Waals surface area contributed by atoms with Crippen LogP contribution < -0.4 is 10.5 Å². The molecule has 0 saturated carbocycles. The van der Waals surface area contributed by atoms with Crippen LogP contribution in [0.3, 0.4) is 0 Å². The number of benzene rings is 2. The number of hydrogen-bond acceptors (Lipinski definition) is 3. The van der Waals surface area contributed by atoms with Crippen LogP contribution in [0.15, 0.2) is 48.5 Å². The maximum absolute atomic E-state index is 11.1. The lowest BCUT2D eigenvalue weighted by Crippen LogP contribution is -1.95. The fourth-order valence-corrected chi connectivity index (χ4v) is 1.59. The highest BCUT2D eigenvalue weighted by Gasteiger charge is 2.01. The minimum atomic E-state index is 0. The van der Waals surface area contributed by atoms with E-state index in [-0.39, 0.29) is 18.2 Å². The normalized spacial score (nSPS) is 9.58. The molecule has 0 aromatic heterocycles. The van der Waals surface area contributed by atoms with Crippen LogP contribution in [-0.2, 0) is 6.54 Å². The van der Waals surface area contributed by atoms with Crippen molar-refractivity contribution in [2.24, 2.45) is 5.73 Å². The maximum atomic E-state index is 11.1. The average molecular weight is 278 g/mol. The molecule has 0 aliphatic carbocycles. The largest absolute Gasteiger partial charge is 0.457 e. The van der Waals surface area contributed by atoms with Gasteiger partial charge in [-0.05, 0) is 48.9 Å². The van der Waals surface area contributed by atoms with Gasteiger partial charge in [-0.15, -0.1) is 12.4 Å². The van der Waals surface area contributed by atoms with Crippen molar-refractivity contribution >= 4 is 18.2 Å². The molecule has 0 spiro atoms. The van der Waals surface area contributed by atoms with Gasteiger partial charge in [-0.3, -0.25) is 4.79 Å². The van der Waals surface area contributed by atoms with E-state index in [0.29, 0.717) is 17.9 Å². The first-order valence-corrected chi connectivity index (χ1v) is 5.77.